The number of amides is 2. The molecule has 136 valence electrons. The summed E-state index contributed by atoms with van der Waals surface area (Å²) in [5.74, 6) is -1.57. The number of nitrogens with one attached hydrogen (secondary N) is 2. The number of hydrogen-bond acceptors (Lipinski definition) is 5. The van der Waals surface area contributed by atoms with Crippen LogP contribution >= 0.6 is 0 Å². The molecule has 7 nitrogen and oxygen atoms in total. The Labute approximate surface area is 152 Å². The van der Waals surface area contributed by atoms with Crippen molar-refractivity contribution in [2.24, 2.45) is 0 Å². The molecule has 2 aromatic carbocycles. The molecule has 8 heteroatoms. The lowest BCUT2D eigenvalue weighted by molar-refractivity contribution is -0.123. The summed E-state index contributed by atoms with van der Waals surface area (Å²) >= 11 is 0. The highest BCUT2D eigenvalue weighted by atomic mass is 16.5. The first-order chi connectivity index (χ1) is 12.5. The van der Waals surface area contributed by atoms with Gasteiger partial charge in [0, 0.05) is 0 Å². The normalized spacial score (nSPS) is 12.6. The maximum atomic E-state index is 12.2. The van der Waals surface area contributed by atoms with Gasteiger partial charge in [0.05, 0.1) is 5.94 Å². The third-order valence-electron chi connectivity index (χ3n) is 3.69. The van der Waals surface area contributed by atoms with Crippen molar-refractivity contribution in [3.05, 3.63) is 71.8 Å². The lowest BCUT2D eigenvalue weighted by atomic mass is 9.75. The minimum atomic E-state index is -1.78. The summed E-state index contributed by atoms with van der Waals surface area (Å²) in [6, 6.07) is 16.8. The van der Waals surface area contributed by atoms with E-state index in [4.69, 9.17) is 4.74 Å². The van der Waals surface area contributed by atoms with Gasteiger partial charge < -0.3 is 25.4 Å². The predicted molar refractivity (Wildman–Crippen MR) is 96.7 cm³/mol. The van der Waals surface area contributed by atoms with Gasteiger partial charge in [0.1, 0.15) is 12.6 Å². The first-order valence-electron chi connectivity index (χ1n) is 8.16. The van der Waals surface area contributed by atoms with Crippen LogP contribution in [0.5, 0.6) is 0 Å². The number of benzene rings is 2. The fraction of sp³-hybridized carbons (Fsp3) is 0.222. The monoisotopic (exact) mass is 356 g/mol. The lowest BCUT2D eigenvalue weighted by Gasteiger charge is -2.21. The van der Waals surface area contributed by atoms with Crippen LogP contribution in [0.1, 0.15) is 24.0 Å². The van der Waals surface area contributed by atoms with Crippen LogP contribution in [0.4, 0.5) is 4.79 Å². The third kappa shape index (κ3) is 5.91. The van der Waals surface area contributed by atoms with Gasteiger partial charge in [-0.1, -0.05) is 60.7 Å². The quantitative estimate of drug-likeness (QED) is 0.557. The molecule has 0 fully saturated rings. The van der Waals surface area contributed by atoms with E-state index in [-0.39, 0.29) is 6.61 Å². The summed E-state index contributed by atoms with van der Waals surface area (Å²) in [5.41, 5.74) is 1.36. The van der Waals surface area contributed by atoms with Crippen molar-refractivity contribution in [1.29, 1.82) is 0 Å². The van der Waals surface area contributed by atoms with Gasteiger partial charge in [-0.25, -0.2) is 4.79 Å². The molecule has 0 saturated carbocycles. The molecule has 0 saturated heterocycles. The highest BCUT2D eigenvalue weighted by molar-refractivity contribution is 6.43. The van der Waals surface area contributed by atoms with Gasteiger partial charge in [-0.2, -0.15) is 0 Å². The number of carbonyl (C=O) groups is 2. The second-order valence-electron chi connectivity index (χ2n) is 5.74. The van der Waals surface area contributed by atoms with Crippen LogP contribution in [0.25, 0.3) is 0 Å². The molecule has 0 heterocycles. The Hall–Kier alpha value is -2.84. The molecule has 0 aliphatic rings. The first-order valence-corrected chi connectivity index (χ1v) is 8.16. The SMILES string of the molecule is C[C@H](NC(=O)OCc1ccccc1)C(=O)NC(B(O)O)c1ccccc1. The van der Waals surface area contributed by atoms with E-state index in [0.29, 0.717) is 5.56 Å². The Kier molecular flexibility index (Phi) is 7.19. The molecular formula is C18H21BN2O5. The second-order valence-corrected chi connectivity index (χ2v) is 5.74. The fourth-order valence-electron chi connectivity index (χ4n) is 2.28. The van der Waals surface area contributed by atoms with E-state index in [1.807, 2.05) is 30.3 Å². The van der Waals surface area contributed by atoms with Gasteiger partial charge in [-0.05, 0) is 18.1 Å². The Bertz CT molecular complexity index is 712. The molecule has 2 rings (SSSR count). The number of alkyl carbamates (subject to hydrolysis) is 1. The molecule has 0 bridgehead atoms. The minimum Gasteiger partial charge on any atom is -0.445 e. The summed E-state index contributed by atoms with van der Waals surface area (Å²) in [6.45, 7) is 1.56. The summed E-state index contributed by atoms with van der Waals surface area (Å²) in [5, 5.41) is 23.9. The molecule has 2 amide bonds. The van der Waals surface area contributed by atoms with Crippen LogP contribution in [-0.4, -0.2) is 35.2 Å². The second kappa shape index (κ2) is 9.60. The van der Waals surface area contributed by atoms with Crippen molar-refractivity contribution >= 4 is 19.1 Å². The van der Waals surface area contributed by atoms with Gasteiger partial charge in [-0.3, -0.25) is 4.79 Å². The Balaban J connectivity index is 1.86. The summed E-state index contributed by atoms with van der Waals surface area (Å²) in [4.78, 5) is 24.0. The van der Waals surface area contributed by atoms with Crippen molar-refractivity contribution in [3.8, 4) is 0 Å². The van der Waals surface area contributed by atoms with Gasteiger partial charge in [0.15, 0.2) is 0 Å². The molecule has 2 aromatic rings. The lowest BCUT2D eigenvalue weighted by Crippen LogP contribution is -2.49. The average molecular weight is 356 g/mol. The van der Waals surface area contributed by atoms with Crippen LogP contribution < -0.4 is 10.6 Å². The highest BCUT2D eigenvalue weighted by Crippen LogP contribution is 2.13. The van der Waals surface area contributed by atoms with Crippen LogP contribution in [0, 0.1) is 0 Å². The van der Waals surface area contributed by atoms with Gasteiger partial charge in [0.25, 0.3) is 0 Å². The van der Waals surface area contributed by atoms with E-state index in [1.165, 1.54) is 6.92 Å². The van der Waals surface area contributed by atoms with E-state index >= 15 is 0 Å². The van der Waals surface area contributed by atoms with Crippen LogP contribution in [0.15, 0.2) is 60.7 Å². The van der Waals surface area contributed by atoms with Crippen molar-refractivity contribution in [3.63, 3.8) is 0 Å². The van der Waals surface area contributed by atoms with Crippen molar-refractivity contribution in [2.45, 2.75) is 25.5 Å². The van der Waals surface area contributed by atoms with Gasteiger partial charge in [0.2, 0.25) is 5.91 Å². The Morgan fingerprint density at radius 1 is 1.00 bits per heavy atom. The summed E-state index contributed by atoms with van der Waals surface area (Å²) in [6.07, 6.45) is -0.739. The van der Waals surface area contributed by atoms with Crippen molar-refractivity contribution in [1.82, 2.24) is 10.6 Å². The van der Waals surface area contributed by atoms with Crippen LogP contribution in [0.2, 0.25) is 0 Å². The average Bonchev–Trinajstić information content (AvgIpc) is 2.65. The topological polar surface area (TPSA) is 108 Å². The van der Waals surface area contributed by atoms with E-state index < -0.39 is 31.1 Å². The molecule has 0 spiro atoms. The molecule has 4 N–H and O–H groups in total. The van der Waals surface area contributed by atoms with E-state index in [9.17, 15) is 19.6 Å². The number of hydrogen-bond donors (Lipinski definition) is 4. The number of rotatable bonds is 7. The fourth-order valence-corrected chi connectivity index (χ4v) is 2.28. The molecular weight excluding hydrogens is 335 g/mol. The van der Waals surface area contributed by atoms with E-state index in [2.05, 4.69) is 10.6 Å². The van der Waals surface area contributed by atoms with Gasteiger partial charge in [-0.15, -0.1) is 0 Å². The highest BCUT2D eigenvalue weighted by Gasteiger charge is 2.29. The molecule has 0 aromatic heterocycles. The predicted octanol–water partition coefficient (Wildman–Crippen LogP) is 1.17. The van der Waals surface area contributed by atoms with Crippen molar-refractivity contribution < 1.29 is 24.4 Å². The molecule has 26 heavy (non-hydrogen) atoms. The molecule has 0 radical (unpaired) electrons. The summed E-state index contributed by atoms with van der Waals surface area (Å²) < 4.78 is 5.06. The van der Waals surface area contributed by atoms with E-state index in [0.717, 1.165) is 5.56 Å². The number of carbonyl (C=O) groups excluding carboxylic acids is 2. The zero-order valence-corrected chi connectivity index (χ0v) is 14.3. The standard InChI is InChI=1S/C18H21BN2O5/c1-13(20-18(23)26-12-14-8-4-2-5-9-14)17(22)21-16(19(24)25)15-10-6-3-7-11-15/h2-11,13,16,24-25H,12H2,1H3,(H,20,23)(H,21,22)/t13-,16?/m0/s1. The zero-order valence-electron chi connectivity index (χ0n) is 14.3. The van der Waals surface area contributed by atoms with Crippen molar-refractivity contribution in [2.75, 3.05) is 0 Å². The van der Waals surface area contributed by atoms with E-state index in [1.54, 1.807) is 30.3 Å². The third-order valence-corrected chi connectivity index (χ3v) is 3.69. The van der Waals surface area contributed by atoms with Crippen LogP contribution in [-0.2, 0) is 16.1 Å². The minimum absolute atomic E-state index is 0.0863. The van der Waals surface area contributed by atoms with Crippen LogP contribution in [0.3, 0.4) is 0 Å². The molecule has 0 aliphatic heterocycles. The van der Waals surface area contributed by atoms with Gasteiger partial charge >= 0.3 is 13.2 Å². The molecule has 0 aliphatic carbocycles. The zero-order chi connectivity index (χ0) is 18.9. The summed E-state index contributed by atoms with van der Waals surface area (Å²) in [7, 11) is -1.78. The maximum Gasteiger partial charge on any atom is 0.480 e. The largest absolute Gasteiger partial charge is 0.480 e. The number of ether oxygens (including phenoxy) is 1. The Morgan fingerprint density at radius 2 is 1.58 bits per heavy atom. The maximum absolute atomic E-state index is 12.2. The Morgan fingerprint density at radius 3 is 2.15 bits per heavy atom. The molecule has 1 unspecified atom stereocenters. The first kappa shape index (κ1) is 19.5. The molecule has 2 atom stereocenters. The smallest absolute Gasteiger partial charge is 0.445 e.